The van der Waals surface area contributed by atoms with Crippen LogP contribution in [0.15, 0.2) is 18.2 Å². The van der Waals surface area contributed by atoms with Crippen molar-refractivity contribution in [2.45, 2.75) is 18.9 Å². The van der Waals surface area contributed by atoms with Gasteiger partial charge in [0, 0.05) is 6.42 Å². The van der Waals surface area contributed by atoms with Crippen LogP contribution < -0.4 is 0 Å². The van der Waals surface area contributed by atoms with Gasteiger partial charge in [0.15, 0.2) is 11.6 Å². The van der Waals surface area contributed by atoms with Crippen LogP contribution in [0.5, 0.6) is 0 Å². The predicted octanol–water partition coefficient (Wildman–Crippen LogP) is 1.86. The van der Waals surface area contributed by atoms with E-state index in [1.165, 1.54) is 6.07 Å². The third kappa shape index (κ3) is 3.28. The van der Waals surface area contributed by atoms with Gasteiger partial charge in [-0.25, -0.2) is 8.78 Å². The van der Waals surface area contributed by atoms with Gasteiger partial charge in [0.05, 0.1) is 6.10 Å². The summed E-state index contributed by atoms with van der Waals surface area (Å²) in [7, 11) is 0. The molecular formula is C10H10F2O3. The zero-order chi connectivity index (χ0) is 11.4. The molecule has 0 amide bonds. The molecule has 0 aliphatic carbocycles. The molecule has 3 nitrogen and oxygen atoms in total. The highest BCUT2D eigenvalue weighted by molar-refractivity contribution is 5.66. The number of benzene rings is 1. The quantitative estimate of drug-likeness (QED) is 0.807. The number of aliphatic hydroxyl groups excluding tert-OH is 1. The Balaban J connectivity index is 2.69. The van der Waals surface area contributed by atoms with Gasteiger partial charge in [0.2, 0.25) is 0 Å². The zero-order valence-electron chi connectivity index (χ0n) is 7.78. The summed E-state index contributed by atoms with van der Waals surface area (Å²) in [5.74, 6) is -3.09. The van der Waals surface area contributed by atoms with Crippen molar-refractivity contribution in [1.29, 1.82) is 0 Å². The first-order valence-electron chi connectivity index (χ1n) is 4.35. The number of carbonyl (C=O) groups is 1. The zero-order valence-corrected chi connectivity index (χ0v) is 7.78. The van der Waals surface area contributed by atoms with Crippen molar-refractivity contribution in [2.24, 2.45) is 0 Å². The summed E-state index contributed by atoms with van der Waals surface area (Å²) in [6.45, 7) is 0. The minimum absolute atomic E-state index is 0.0274. The summed E-state index contributed by atoms with van der Waals surface area (Å²) in [5, 5.41) is 17.8. The normalized spacial score (nSPS) is 12.5. The maximum Gasteiger partial charge on any atom is 0.303 e. The van der Waals surface area contributed by atoms with Gasteiger partial charge in [-0.15, -0.1) is 0 Å². The molecule has 0 aliphatic heterocycles. The molecule has 1 aromatic rings. The third-order valence-corrected chi connectivity index (χ3v) is 1.96. The maximum atomic E-state index is 12.7. The number of hydrogen-bond acceptors (Lipinski definition) is 2. The SMILES string of the molecule is O=C(O)CCC(O)c1ccc(F)c(F)c1. The minimum atomic E-state index is -1.09. The maximum absolute atomic E-state index is 12.7. The van der Waals surface area contributed by atoms with Crippen molar-refractivity contribution in [1.82, 2.24) is 0 Å². The first-order chi connectivity index (χ1) is 7.00. The Morgan fingerprint density at radius 3 is 2.53 bits per heavy atom. The summed E-state index contributed by atoms with van der Waals surface area (Å²) in [6.07, 6.45) is -1.34. The molecule has 1 atom stereocenters. The second kappa shape index (κ2) is 4.84. The first kappa shape index (κ1) is 11.6. The van der Waals surface area contributed by atoms with Gasteiger partial charge >= 0.3 is 5.97 Å². The van der Waals surface area contributed by atoms with E-state index in [-0.39, 0.29) is 18.4 Å². The topological polar surface area (TPSA) is 57.5 Å². The van der Waals surface area contributed by atoms with Crippen LogP contribution in [0.3, 0.4) is 0 Å². The Labute approximate surface area is 85.0 Å². The van der Waals surface area contributed by atoms with Gasteiger partial charge in [-0.3, -0.25) is 4.79 Å². The van der Waals surface area contributed by atoms with E-state index in [0.29, 0.717) is 0 Å². The van der Waals surface area contributed by atoms with Crippen molar-refractivity contribution in [3.05, 3.63) is 35.4 Å². The molecule has 15 heavy (non-hydrogen) atoms. The Morgan fingerprint density at radius 1 is 1.33 bits per heavy atom. The molecule has 1 unspecified atom stereocenters. The lowest BCUT2D eigenvalue weighted by Crippen LogP contribution is -2.03. The summed E-state index contributed by atoms with van der Waals surface area (Å²) < 4.78 is 25.3. The molecule has 82 valence electrons. The molecule has 0 saturated heterocycles. The summed E-state index contributed by atoms with van der Waals surface area (Å²) >= 11 is 0. The highest BCUT2D eigenvalue weighted by Gasteiger charge is 2.12. The molecule has 0 bridgehead atoms. The lowest BCUT2D eigenvalue weighted by molar-refractivity contribution is -0.137. The van der Waals surface area contributed by atoms with Gasteiger partial charge < -0.3 is 10.2 Å². The van der Waals surface area contributed by atoms with Gasteiger partial charge in [0.25, 0.3) is 0 Å². The molecule has 0 heterocycles. The van der Waals surface area contributed by atoms with Crippen molar-refractivity contribution in [2.75, 3.05) is 0 Å². The lowest BCUT2D eigenvalue weighted by Gasteiger charge is -2.09. The fourth-order valence-electron chi connectivity index (χ4n) is 1.15. The molecule has 0 spiro atoms. The van der Waals surface area contributed by atoms with Crippen molar-refractivity contribution >= 4 is 5.97 Å². The molecule has 0 radical (unpaired) electrons. The van der Waals surface area contributed by atoms with Crippen LogP contribution in [0, 0.1) is 11.6 Å². The van der Waals surface area contributed by atoms with Gasteiger partial charge in [-0.05, 0) is 24.1 Å². The fourth-order valence-corrected chi connectivity index (χ4v) is 1.15. The van der Waals surface area contributed by atoms with Gasteiger partial charge in [-0.2, -0.15) is 0 Å². The minimum Gasteiger partial charge on any atom is -0.481 e. The summed E-state index contributed by atoms with van der Waals surface area (Å²) in [5.41, 5.74) is 0.176. The number of halogens is 2. The number of carboxylic acid groups (broad SMARTS) is 1. The Hall–Kier alpha value is -1.49. The van der Waals surface area contributed by atoms with E-state index in [0.717, 1.165) is 12.1 Å². The Bertz CT molecular complexity index is 366. The van der Waals surface area contributed by atoms with E-state index in [4.69, 9.17) is 5.11 Å². The average Bonchev–Trinajstić information content (AvgIpc) is 2.18. The van der Waals surface area contributed by atoms with E-state index in [1.807, 2.05) is 0 Å². The Kier molecular flexibility index (Phi) is 3.74. The predicted molar refractivity (Wildman–Crippen MR) is 48.2 cm³/mol. The van der Waals surface area contributed by atoms with Crippen LogP contribution in [-0.2, 0) is 4.79 Å². The standard InChI is InChI=1S/C10H10F2O3/c11-7-2-1-6(5-8(7)12)9(13)3-4-10(14)15/h1-2,5,9,13H,3-4H2,(H,14,15). The third-order valence-electron chi connectivity index (χ3n) is 1.96. The molecule has 2 N–H and O–H groups in total. The number of hydrogen-bond donors (Lipinski definition) is 2. The molecule has 1 aromatic carbocycles. The molecule has 1 rings (SSSR count). The number of carboxylic acids is 1. The van der Waals surface area contributed by atoms with Gasteiger partial charge in [0.1, 0.15) is 0 Å². The van der Waals surface area contributed by atoms with E-state index in [2.05, 4.69) is 0 Å². The van der Waals surface area contributed by atoms with Crippen molar-refractivity contribution in [3.63, 3.8) is 0 Å². The second-order valence-corrected chi connectivity index (χ2v) is 3.12. The van der Waals surface area contributed by atoms with Crippen LogP contribution in [-0.4, -0.2) is 16.2 Å². The van der Waals surface area contributed by atoms with Crippen LogP contribution >= 0.6 is 0 Å². The van der Waals surface area contributed by atoms with Crippen LogP contribution in [0.25, 0.3) is 0 Å². The highest BCUT2D eigenvalue weighted by Crippen LogP contribution is 2.20. The fraction of sp³-hybridized carbons (Fsp3) is 0.300. The lowest BCUT2D eigenvalue weighted by atomic mass is 10.0. The first-order valence-corrected chi connectivity index (χ1v) is 4.35. The van der Waals surface area contributed by atoms with E-state index >= 15 is 0 Å². The number of aliphatic hydroxyl groups is 1. The van der Waals surface area contributed by atoms with E-state index in [1.54, 1.807) is 0 Å². The van der Waals surface area contributed by atoms with Crippen LogP contribution in [0.1, 0.15) is 24.5 Å². The molecule has 0 aromatic heterocycles. The second-order valence-electron chi connectivity index (χ2n) is 3.12. The molecule has 0 fully saturated rings. The van der Waals surface area contributed by atoms with E-state index < -0.39 is 23.7 Å². The Morgan fingerprint density at radius 2 is 2.00 bits per heavy atom. The van der Waals surface area contributed by atoms with Gasteiger partial charge in [-0.1, -0.05) is 6.07 Å². The van der Waals surface area contributed by atoms with Crippen LogP contribution in [0.4, 0.5) is 8.78 Å². The largest absolute Gasteiger partial charge is 0.481 e. The van der Waals surface area contributed by atoms with E-state index in [9.17, 15) is 18.7 Å². The van der Waals surface area contributed by atoms with Crippen molar-refractivity contribution < 1.29 is 23.8 Å². The van der Waals surface area contributed by atoms with Crippen LogP contribution in [0.2, 0.25) is 0 Å². The highest BCUT2D eigenvalue weighted by atomic mass is 19.2. The molecule has 0 saturated carbocycles. The number of aliphatic carboxylic acids is 1. The number of rotatable bonds is 4. The monoisotopic (exact) mass is 216 g/mol. The molecular weight excluding hydrogens is 206 g/mol. The molecule has 0 aliphatic rings. The van der Waals surface area contributed by atoms with Crippen molar-refractivity contribution in [3.8, 4) is 0 Å². The molecule has 5 heteroatoms. The average molecular weight is 216 g/mol. The summed E-state index contributed by atoms with van der Waals surface area (Å²) in [4.78, 5) is 10.2. The smallest absolute Gasteiger partial charge is 0.303 e. The summed E-state index contributed by atoms with van der Waals surface area (Å²) in [6, 6.07) is 2.99.